The number of pyridine rings is 1. The zero-order valence-electron chi connectivity index (χ0n) is 21.4. The Balaban J connectivity index is 1.50. The predicted molar refractivity (Wildman–Crippen MR) is 151 cm³/mol. The lowest BCUT2D eigenvalue weighted by Gasteiger charge is -2.19. The number of alkyl halides is 1. The summed E-state index contributed by atoms with van der Waals surface area (Å²) in [6, 6.07) is 15.2. The zero-order chi connectivity index (χ0) is 27.1. The van der Waals surface area contributed by atoms with Crippen LogP contribution in [-0.4, -0.2) is 50.0 Å². The molecule has 0 fully saturated rings. The standard InChI is InChI=1S/C28H30BrN5O4/c1-17-13-20(8-10-24(17)38-21-9-7-18(2)30-15-21)34-27-26-22(32-16-33-27)5-4-6-25(26)37-19(3)14-31-28(36)23(35)11-12-29/h4-10,13,15-16,19,23,35H,11-12,14H2,1-3H3,(H,31,36)(H,32,33,34). The maximum atomic E-state index is 12.0. The molecule has 4 aromatic rings. The first-order valence-corrected chi connectivity index (χ1v) is 13.4. The number of ether oxygens (including phenoxy) is 2. The van der Waals surface area contributed by atoms with Crippen molar-refractivity contribution in [2.24, 2.45) is 0 Å². The third-order valence-electron chi connectivity index (χ3n) is 5.75. The topological polar surface area (TPSA) is 118 Å². The van der Waals surface area contributed by atoms with E-state index in [0.29, 0.717) is 34.6 Å². The molecule has 2 heterocycles. The Morgan fingerprint density at radius 2 is 1.92 bits per heavy atom. The number of benzene rings is 2. The molecule has 0 aliphatic rings. The number of carbonyl (C=O) groups excluding carboxylic acids is 1. The summed E-state index contributed by atoms with van der Waals surface area (Å²) < 4.78 is 12.1. The minimum atomic E-state index is -1.06. The maximum Gasteiger partial charge on any atom is 0.249 e. The minimum Gasteiger partial charge on any atom is -0.488 e. The summed E-state index contributed by atoms with van der Waals surface area (Å²) in [5, 5.41) is 17.2. The first-order valence-electron chi connectivity index (χ1n) is 12.2. The van der Waals surface area contributed by atoms with Crippen LogP contribution in [0.2, 0.25) is 0 Å². The second-order valence-electron chi connectivity index (χ2n) is 8.88. The summed E-state index contributed by atoms with van der Waals surface area (Å²) in [7, 11) is 0. The maximum absolute atomic E-state index is 12.0. The number of halogens is 1. The van der Waals surface area contributed by atoms with Crippen molar-refractivity contribution in [1.82, 2.24) is 20.3 Å². The molecule has 3 N–H and O–H groups in total. The van der Waals surface area contributed by atoms with Gasteiger partial charge in [0.05, 0.1) is 23.6 Å². The highest BCUT2D eigenvalue weighted by Crippen LogP contribution is 2.33. The van der Waals surface area contributed by atoms with Crippen LogP contribution < -0.4 is 20.1 Å². The van der Waals surface area contributed by atoms with Crippen molar-refractivity contribution in [3.8, 4) is 17.2 Å². The molecule has 2 atom stereocenters. The summed E-state index contributed by atoms with van der Waals surface area (Å²) in [5.41, 5.74) is 3.41. The van der Waals surface area contributed by atoms with Gasteiger partial charge < -0.3 is 25.2 Å². The SMILES string of the molecule is Cc1ccc(Oc2ccc(Nc3ncnc4cccc(OC(C)CNC(=O)C(O)CCBr)c34)cc2C)cn1. The fourth-order valence-electron chi connectivity index (χ4n) is 3.75. The van der Waals surface area contributed by atoms with E-state index in [1.54, 1.807) is 6.20 Å². The Labute approximate surface area is 229 Å². The molecule has 0 spiro atoms. The van der Waals surface area contributed by atoms with Crippen molar-refractivity contribution in [3.05, 3.63) is 72.3 Å². The number of aryl methyl sites for hydroxylation is 2. The highest BCUT2D eigenvalue weighted by atomic mass is 79.9. The van der Waals surface area contributed by atoms with Gasteiger partial charge in [-0.25, -0.2) is 9.97 Å². The van der Waals surface area contributed by atoms with Gasteiger partial charge in [0.1, 0.15) is 41.6 Å². The van der Waals surface area contributed by atoms with Gasteiger partial charge in [-0.15, -0.1) is 0 Å². The average molecular weight is 580 g/mol. The van der Waals surface area contributed by atoms with E-state index < -0.39 is 12.0 Å². The monoisotopic (exact) mass is 579 g/mol. The van der Waals surface area contributed by atoms with Gasteiger partial charge >= 0.3 is 0 Å². The molecular formula is C28H30BrN5O4. The molecule has 0 saturated heterocycles. The molecule has 2 aromatic carbocycles. The van der Waals surface area contributed by atoms with E-state index >= 15 is 0 Å². The van der Waals surface area contributed by atoms with E-state index in [-0.39, 0.29) is 12.6 Å². The molecule has 1 amide bonds. The van der Waals surface area contributed by atoms with Gasteiger partial charge in [-0.2, -0.15) is 0 Å². The van der Waals surface area contributed by atoms with Gasteiger partial charge in [0.15, 0.2) is 0 Å². The largest absolute Gasteiger partial charge is 0.488 e. The molecule has 0 radical (unpaired) electrons. The molecule has 38 heavy (non-hydrogen) atoms. The lowest BCUT2D eigenvalue weighted by Crippen LogP contribution is -2.40. The van der Waals surface area contributed by atoms with E-state index in [9.17, 15) is 9.90 Å². The van der Waals surface area contributed by atoms with Crippen molar-refractivity contribution in [1.29, 1.82) is 0 Å². The molecule has 9 nitrogen and oxygen atoms in total. The Morgan fingerprint density at radius 1 is 1.08 bits per heavy atom. The highest BCUT2D eigenvalue weighted by Gasteiger charge is 2.17. The van der Waals surface area contributed by atoms with Crippen molar-refractivity contribution in [3.63, 3.8) is 0 Å². The van der Waals surface area contributed by atoms with Crippen molar-refractivity contribution >= 4 is 44.2 Å². The van der Waals surface area contributed by atoms with E-state index in [1.165, 1.54) is 6.33 Å². The second-order valence-corrected chi connectivity index (χ2v) is 9.68. The van der Waals surface area contributed by atoms with E-state index in [1.807, 2.05) is 69.3 Å². The van der Waals surface area contributed by atoms with Gasteiger partial charge in [0.2, 0.25) is 5.91 Å². The van der Waals surface area contributed by atoms with Crippen LogP contribution in [0.5, 0.6) is 17.2 Å². The van der Waals surface area contributed by atoms with Crippen molar-refractivity contribution in [2.75, 3.05) is 17.2 Å². The number of amides is 1. The summed E-state index contributed by atoms with van der Waals surface area (Å²) >= 11 is 3.23. The normalized spacial score (nSPS) is 12.6. The Hall–Kier alpha value is -3.76. The number of hydrogen-bond donors (Lipinski definition) is 3. The molecular weight excluding hydrogens is 550 g/mol. The summed E-state index contributed by atoms with van der Waals surface area (Å²) in [6.07, 6.45) is 2.12. The van der Waals surface area contributed by atoms with Crippen LogP contribution in [0.1, 0.15) is 24.6 Å². The smallest absolute Gasteiger partial charge is 0.249 e. The van der Waals surface area contributed by atoms with Gasteiger partial charge in [-0.3, -0.25) is 9.78 Å². The number of carbonyl (C=O) groups is 1. The van der Waals surface area contributed by atoms with Gasteiger partial charge in [0, 0.05) is 16.7 Å². The van der Waals surface area contributed by atoms with Crippen molar-refractivity contribution in [2.45, 2.75) is 39.4 Å². The highest BCUT2D eigenvalue weighted by molar-refractivity contribution is 9.09. The van der Waals surface area contributed by atoms with Gasteiger partial charge in [-0.1, -0.05) is 22.0 Å². The molecule has 10 heteroatoms. The number of nitrogens with zero attached hydrogens (tertiary/aromatic N) is 3. The first-order chi connectivity index (χ1) is 18.3. The number of anilines is 2. The zero-order valence-corrected chi connectivity index (χ0v) is 23.0. The van der Waals surface area contributed by atoms with Gasteiger partial charge in [-0.05, 0) is 75.2 Å². The number of aliphatic hydroxyl groups excluding tert-OH is 1. The van der Waals surface area contributed by atoms with Crippen molar-refractivity contribution < 1.29 is 19.4 Å². The van der Waals surface area contributed by atoms with Crippen LogP contribution >= 0.6 is 15.9 Å². The fourth-order valence-corrected chi connectivity index (χ4v) is 4.18. The molecule has 0 aliphatic carbocycles. The van der Waals surface area contributed by atoms with Crippen LogP contribution in [-0.2, 0) is 4.79 Å². The molecule has 0 aliphatic heterocycles. The number of rotatable bonds is 11. The molecule has 2 unspecified atom stereocenters. The second kappa shape index (κ2) is 12.7. The van der Waals surface area contributed by atoms with Gasteiger partial charge in [0.25, 0.3) is 0 Å². The first kappa shape index (κ1) is 27.3. The predicted octanol–water partition coefficient (Wildman–Crippen LogP) is 5.21. The molecule has 198 valence electrons. The fraction of sp³-hybridized carbons (Fsp3) is 0.286. The quantitative estimate of drug-likeness (QED) is 0.207. The van der Waals surface area contributed by atoms with Crippen LogP contribution in [0, 0.1) is 13.8 Å². The summed E-state index contributed by atoms with van der Waals surface area (Å²) in [5.74, 6) is 2.15. The number of fused-ring (bicyclic) bond motifs is 1. The minimum absolute atomic E-state index is 0.238. The molecule has 0 bridgehead atoms. The third-order valence-corrected chi connectivity index (χ3v) is 6.21. The summed E-state index contributed by atoms with van der Waals surface area (Å²) in [6.45, 7) is 5.99. The Kier molecular flexibility index (Phi) is 9.09. The van der Waals surface area contributed by atoms with Crippen LogP contribution in [0.4, 0.5) is 11.5 Å². The number of nitrogens with one attached hydrogen (secondary N) is 2. The number of aromatic nitrogens is 3. The molecule has 4 rings (SSSR count). The average Bonchev–Trinajstić information content (AvgIpc) is 2.90. The van der Waals surface area contributed by atoms with E-state index in [0.717, 1.165) is 28.1 Å². The van der Waals surface area contributed by atoms with Crippen LogP contribution in [0.15, 0.2) is 61.1 Å². The Morgan fingerprint density at radius 3 is 2.66 bits per heavy atom. The molecule has 0 saturated carbocycles. The lowest BCUT2D eigenvalue weighted by molar-refractivity contribution is -0.129. The number of hydrogen-bond acceptors (Lipinski definition) is 8. The molecule has 2 aromatic heterocycles. The van der Waals surface area contributed by atoms with E-state index in [4.69, 9.17) is 9.47 Å². The van der Waals surface area contributed by atoms with E-state index in [2.05, 4.69) is 41.5 Å². The number of aliphatic hydroxyl groups is 1. The lowest BCUT2D eigenvalue weighted by atomic mass is 10.1. The third kappa shape index (κ3) is 6.96. The van der Waals surface area contributed by atoms with Crippen LogP contribution in [0.25, 0.3) is 10.9 Å². The Bertz CT molecular complexity index is 1390. The van der Waals surface area contributed by atoms with Crippen LogP contribution in [0.3, 0.4) is 0 Å². The summed E-state index contributed by atoms with van der Waals surface area (Å²) in [4.78, 5) is 25.2.